The third-order valence-electron chi connectivity index (χ3n) is 9.66. The van der Waals surface area contributed by atoms with Gasteiger partial charge >= 0.3 is 0 Å². The molecule has 0 unspecified atom stereocenters. The molecule has 49 heavy (non-hydrogen) atoms. The Labute approximate surface area is 282 Å². The molecule has 0 radical (unpaired) electrons. The van der Waals surface area contributed by atoms with Gasteiger partial charge in [0, 0.05) is 32.8 Å². The summed E-state index contributed by atoms with van der Waals surface area (Å²) in [5.74, 6) is 0.705. The van der Waals surface area contributed by atoms with Crippen LogP contribution in [0.5, 0.6) is 0 Å². The molecule has 0 saturated carbocycles. The monoisotopic (exact) mass is 624 g/mol. The molecule has 2 aromatic heterocycles. The van der Waals surface area contributed by atoms with Crippen LogP contribution in [0.2, 0.25) is 0 Å². The Hall–Kier alpha value is -6.58. The van der Waals surface area contributed by atoms with E-state index in [0.717, 1.165) is 50.2 Å². The fourth-order valence-electron chi connectivity index (χ4n) is 7.37. The second-order valence-corrected chi connectivity index (χ2v) is 12.5. The highest BCUT2D eigenvalue weighted by Gasteiger charge is 2.17. The Morgan fingerprint density at radius 3 is 1.67 bits per heavy atom. The maximum atomic E-state index is 6.31. The topological polar surface area (TPSA) is 38.9 Å². The lowest BCUT2D eigenvalue weighted by Crippen LogP contribution is -1.96. The molecule has 0 aliphatic heterocycles. The lowest BCUT2D eigenvalue weighted by molar-refractivity contribution is 0.669. The number of furan rings is 1. The van der Waals surface area contributed by atoms with Gasteiger partial charge in [0.05, 0.1) is 11.4 Å². The van der Waals surface area contributed by atoms with Crippen molar-refractivity contribution >= 4 is 54.3 Å². The van der Waals surface area contributed by atoms with Crippen LogP contribution in [0.25, 0.3) is 99.3 Å². The number of fused-ring (bicyclic) bond motifs is 10. The SMILES string of the molecule is c1ccc(-c2cccc(-c3cc(-c4ccc5c(c4)c4ccccc4c4c5ccc5oc6ccccc6c54)nc(-c4ccccc4)n3)c2)cc1. The Kier molecular flexibility index (Phi) is 6.18. The summed E-state index contributed by atoms with van der Waals surface area (Å²) in [4.78, 5) is 10.3. The Balaban J connectivity index is 1.21. The van der Waals surface area contributed by atoms with Crippen molar-refractivity contribution in [1.82, 2.24) is 9.97 Å². The van der Waals surface area contributed by atoms with Crippen LogP contribution in [0.15, 0.2) is 174 Å². The summed E-state index contributed by atoms with van der Waals surface area (Å²) >= 11 is 0. The van der Waals surface area contributed by atoms with Crippen LogP contribution in [0.4, 0.5) is 0 Å². The zero-order valence-electron chi connectivity index (χ0n) is 26.5. The third-order valence-corrected chi connectivity index (χ3v) is 9.66. The van der Waals surface area contributed by atoms with Crippen molar-refractivity contribution < 1.29 is 4.42 Å². The van der Waals surface area contributed by atoms with E-state index in [0.29, 0.717) is 5.82 Å². The highest BCUT2D eigenvalue weighted by Crippen LogP contribution is 2.43. The molecule has 0 aliphatic carbocycles. The van der Waals surface area contributed by atoms with Gasteiger partial charge in [0.25, 0.3) is 0 Å². The van der Waals surface area contributed by atoms with Crippen LogP contribution in [-0.2, 0) is 0 Å². The molecule has 228 valence electrons. The molecule has 8 aromatic carbocycles. The maximum absolute atomic E-state index is 6.31. The first-order chi connectivity index (χ1) is 24.3. The molecule has 0 amide bonds. The van der Waals surface area contributed by atoms with E-state index in [1.807, 2.05) is 36.4 Å². The molecular weight excluding hydrogens is 597 g/mol. The van der Waals surface area contributed by atoms with Crippen molar-refractivity contribution in [3.8, 4) is 45.0 Å². The fourth-order valence-corrected chi connectivity index (χ4v) is 7.37. The second kappa shape index (κ2) is 11.0. The minimum Gasteiger partial charge on any atom is -0.456 e. The fraction of sp³-hybridized carbons (Fsp3) is 0. The minimum absolute atomic E-state index is 0.705. The molecule has 0 atom stereocenters. The minimum atomic E-state index is 0.705. The summed E-state index contributed by atoms with van der Waals surface area (Å²) in [6.07, 6.45) is 0. The van der Waals surface area contributed by atoms with E-state index in [9.17, 15) is 0 Å². The van der Waals surface area contributed by atoms with E-state index < -0.39 is 0 Å². The molecule has 0 N–H and O–H groups in total. The van der Waals surface area contributed by atoms with Crippen LogP contribution in [0.1, 0.15) is 0 Å². The summed E-state index contributed by atoms with van der Waals surface area (Å²) in [5.41, 5.74) is 9.01. The van der Waals surface area contributed by atoms with Gasteiger partial charge in [-0.3, -0.25) is 0 Å². The van der Waals surface area contributed by atoms with Gasteiger partial charge in [-0.05, 0) is 74.5 Å². The molecule has 2 heterocycles. The normalized spacial score (nSPS) is 11.7. The summed E-state index contributed by atoms with van der Waals surface area (Å²) in [5, 5.41) is 9.57. The van der Waals surface area contributed by atoms with Gasteiger partial charge < -0.3 is 4.42 Å². The van der Waals surface area contributed by atoms with Gasteiger partial charge in [-0.2, -0.15) is 0 Å². The lowest BCUT2D eigenvalue weighted by atomic mass is 9.90. The average molecular weight is 625 g/mol. The van der Waals surface area contributed by atoms with Crippen LogP contribution in [0.3, 0.4) is 0 Å². The van der Waals surface area contributed by atoms with Gasteiger partial charge in [0.1, 0.15) is 11.2 Å². The van der Waals surface area contributed by atoms with Gasteiger partial charge in [-0.25, -0.2) is 9.97 Å². The Morgan fingerprint density at radius 1 is 0.306 bits per heavy atom. The molecule has 10 aromatic rings. The summed E-state index contributed by atoms with van der Waals surface area (Å²) < 4.78 is 6.31. The van der Waals surface area contributed by atoms with Gasteiger partial charge in [-0.15, -0.1) is 0 Å². The summed E-state index contributed by atoms with van der Waals surface area (Å²) in [6, 6.07) is 59.6. The van der Waals surface area contributed by atoms with Crippen LogP contribution in [0, 0.1) is 0 Å². The van der Waals surface area contributed by atoms with E-state index in [2.05, 4.69) is 133 Å². The van der Waals surface area contributed by atoms with Crippen LogP contribution < -0.4 is 0 Å². The van der Waals surface area contributed by atoms with Crippen molar-refractivity contribution in [3.05, 3.63) is 170 Å². The van der Waals surface area contributed by atoms with E-state index in [4.69, 9.17) is 14.4 Å². The molecule has 0 aliphatic rings. The quantitative estimate of drug-likeness (QED) is 0.183. The Bertz CT molecular complexity index is 2850. The first-order valence-electron chi connectivity index (χ1n) is 16.6. The molecule has 0 fully saturated rings. The summed E-state index contributed by atoms with van der Waals surface area (Å²) in [7, 11) is 0. The molecule has 3 heteroatoms. The van der Waals surface area contributed by atoms with Crippen molar-refractivity contribution in [2.45, 2.75) is 0 Å². The predicted octanol–water partition coefficient (Wildman–Crippen LogP) is 12.5. The van der Waals surface area contributed by atoms with E-state index in [1.54, 1.807) is 0 Å². The number of hydrogen-bond acceptors (Lipinski definition) is 3. The predicted molar refractivity (Wildman–Crippen MR) is 204 cm³/mol. The zero-order chi connectivity index (χ0) is 32.3. The molecule has 0 saturated heterocycles. The van der Waals surface area contributed by atoms with E-state index in [-0.39, 0.29) is 0 Å². The largest absolute Gasteiger partial charge is 0.456 e. The van der Waals surface area contributed by atoms with E-state index >= 15 is 0 Å². The number of rotatable bonds is 4. The number of benzene rings is 8. The van der Waals surface area contributed by atoms with Crippen molar-refractivity contribution in [2.75, 3.05) is 0 Å². The molecule has 10 rings (SSSR count). The van der Waals surface area contributed by atoms with Crippen molar-refractivity contribution in [1.29, 1.82) is 0 Å². The number of nitrogens with zero attached hydrogens (tertiary/aromatic N) is 2. The number of para-hydroxylation sites is 1. The van der Waals surface area contributed by atoms with Crippen LogP contribution >= 0.6 is 0 Å². The smallest absolute Gasteiger partial charge is 0.160 e. The van der Waals surface area contributed by atoms with Gasteiger partial charge in [0.15, 0.2) is 5.82 Å². The Morgan fingerprint density at radius 2 is 0.878 bits per heavy atom. The molecule has 3 nitrogen and oxygen atoms in total. The van der Waals surface area contributed by atoms with Gasteiger partial charge in [-0.1, -0.05) is 133 Å². The van der Waals surface area contributed by atoms with Gasteiger partial charge in [0.2, 0.25) is 0 Å². The van der Waals surface area contributed by atoms with Crippen molar-refractivity contribution in [2.24, 2.45) is 0 Å². The molecule has 0 spiro atoms. The number of aromatic nitrogens is 2. The maximum Gasteiger partial charge on any atom is 0.160 e. The molecule has 0 bridgehead atoms. The standard InChI is InChI=1S/C46H28N2O/c1-3-12-29(13-4-1)31-16-11-17-32(26-31)40-28-41(48-46(47-40)30-14-5-2-6-15-30)33-22-23-35-37-24-25-43-45(38-20-9-10-21-42(38)49-43)44(37)36-19-8-7-18-34(36)39(35)27-33/h1-28H. The second-order valence-electron chi connectivity index (χ2n) is 12.5. The van der Waals surface area contributed by atoms with Crippen molar-refractivity contribution in [3.63, 3.8) is 0 Å². The highest BCUT2D eigenvalue weighted by atomic mass is 16.3. The third kappa shape index (κ3) is 4.51. The highest BCUT2D eigenvalue weighted by molar-refractivity contribution is 6.34. The van der Waals surface area contributed by atoms with Crippen LogP contribution in [-0.4, -0.2) is 9.97 Å². The number of hydrogen-bond donors (Lipinski definition) is 0. The van der Waals surface area contributed by atoms with E-state index in [1.165, 1.54) is 43.3 Å². The lowest BCUT2D eigenvalue weighted by Gasteiger charge is -2.14. The average Bonchev–Trinajstić information content (AvgIpc) is 3.57. The first-order valence-corrected chi connectivity index (χ1v) is 16.6. The molecular formula is C46H28N2O. The zero-order valence-corrected chi connectivity index (χ0v) is 26.5. The first kappa shape index (κ1) is 27.5. The summed E-state index contributed by atoms with van der Waals surface area (Å²) in [6.45, 7) is 0.